The van der Waals surface area contributed by atoms with Crippen LogP contribution in [0.3, 0.4) is 0 Å². The van der Waals surface area contributed by atoms with E-state index in [-0.39, 0.29) is 22.9 Å². The SMILES string of the molecule is C#C.C=CC1=C(C=C)C(C)(C)C2=CC(N(C3=CC=CCC3)C3C=Cc4c(n(-c5ccccc5)c5cc6c(cc45)C4(c5ccccc5-c5ccccc54)c4ccccc4-6)C3)CC=C21. The molecule has 12 rings (SSSR count). The maximum atomic E-state index is 4.24. The molecule has 6 aliphatic rings. The first-order chi connectivity index (χ1) is 30.4. The van der Waals surface area contributed by atoms with E-state index in [9.17, 15) is 0 Å². The zero-order valence-electron chi connectivity index (χ0n) is 35.6. The quantitative estimate of drug-likeness (QED) is 0.152. The molecule has 2 atom stereocenters. The Morgan fingerprint density at radius 3 is 2.02 bits per heavy atom. The predicted molar refractivity (Wildman–Crippen MR) is 260 cm³/mol. The van der Waals surface area contributed by atoms with E-state index in [1.54, 1.807) is 0 Å². The Kier molecular flexibility index (Phi) is 8.71. The summed E-state index contributed by atoms with van der Waals surface area (Å²) < 4.78 is 2.59. The summed E-state index contributed by atoms with van der Waals surface area (Å²) in [6.07, 6.45) is 33.1. The molecule has 0 saturated heterocycles. The van der Waals surface area contributed by atoms with Crippen LogP contribution in [0.15, 0.2) is 205 Å². The summed E-state index contributed by atoms with van der Waals surface area (Å²) in [7, 11) is 0. The topological polar surface area (TPSA) is 8.17 Å². The highest BCUT2D eigenvalue weighted by Gasteiger charge is 2.52. The Labute approximate surface area is 366 Å². The number of fused-ring (bicyclic) bond motifs is 14. The van der Waals surface area contributed by atoms with Crippen LogP contribution in [0.2, 0.25) is 0 Å². The van der Waals surface area contributed by atoms with Crippen LogP contribution in [-0.4, -0.2) is 21.6 Å². The number of nitrogens with zero attached hydrogens (tertiary/aromatic N) is 2. The van der Waals surface area contributed by atoms with Crippen LogP contribution in [0, 0.1) is 18.3 Å². The summed E-state index contributed by atoms with van der Waals surface area (Å²) in [4.78, 5) is 2.77. The monoisotopic (exact) mass is 798 g/mol. The number of para-hydroxylation sites is 1. The van der Waals surface area contributed by atoms with Crippen molar-refractivity contribution < 1.29 is 0 Å². The van der Waals surface area contributed by atoms with Crippen molar-refractivity contribution in [2.45, 2.75) is 57.0 Å². The highest BCUT2D eigenvalue weighted by Crippen LogP contribution is 2.63. The van der Waals surface area contributed by atoms with Crippen LogP contribution >= 0.6 is 0 Å². The number of terminal acetylenes is 1. The number of rotatable bonds is 6. The maximum Gasteiger partial charge on any atom is 0.0725 e. The van der Waals surface area contributed by atoms with E-state index < -0.39 is 0 Å². The molecule has 2 nitrogen and oxygen atoms in total. The average Bonchev–Trinajstić information content (AvgIpc) is 3.98. The zero-order chi connectivity index (χ0) is 42.3. The van der Waals surface area contributed by atoms with Gasteiger partial charge in [-0.15, -0.1) is 12.8 Å². The largest absolute Gasteiger partial charge is 0.361 e. The molecule has 62 heavy (non-hydrogen) atoms. The van der Waals surface area contributed by atoms with Gasteiger partial charge in [0, 0.05) is 39.9 Å². The Morgan fingerprint density at radius 1 is 0.742 bits per heavy atom. The second-order valence-electron chi connectivity index (χ2n) is 17.9. The van der Waals surface area contributed by atoms with Crippen LogP contribution in [-0.2, 0) is 11.8 Å². The van der Waals surface area contributed by atoms with E-state index in [1.807, 2.05) is 12.2 Å². The highest BCUT2D eigenvalue weighted by molar-refractivity contribution is 6.03. The van der Waals surface area contributed by atoms with Gasteiger partial charge in [-0.05, 0) is 116 Å². The molecule has 2 heteroatoms. The van der Waals surface area contributed by atoms with Crippen molar-refractivity contribution in [2.24, 2.45) is 5.41 Å². The molecule has 0 bridgehead atoms. The van der Waals surface area contributed by atoms with Crippen molar-refractivity contribution >= 4 is 17.0 Å². The van der Waals surface area contributed by atoms with Gasteiger partial charge in [-0.2, -0.15) is 0 Å². The van der Waals surface area contributed by atoms with Crippen LogP contribution in [0.5, 0.6) is 0 Å². The van der Waals surface area contributed by atoms with Gasteiger partial charge in [-0.1, -0.05) is 167 Å². The Balaban J connectivity index is 0.00000213. The Bertz CT molecular complexity index is 3060. The second-order valence-corrected chi connectivity index (χ2v) is 17.9. The first-order valence-electron chi connectivity index (χ1n) is 22.1. The summed E-state index contributed by atoms with van der Waals surface area (Å²) in [5.74, 6) is 0. The van der Waals surface area contributed by atoms with Crippen molar-refractivity contribution in [3.63, 3.8) is 0 Å². The molecule has 300 valence electrons. The molecule has 1 spiro atoms. The molecule has 0 radical (unpaired) electrons. The molecule has 0 fully saturated rings. The van der Waals surface area contributed by atoms with Gasteiger partial charge in [0.05, 0.1) is 23.0 Å². The van der Waals surface area contributed by atoms with E-state index in [1.165, 1.54) is 100 Å². The van der Waals surface area contributed by atoms with Gasteiger partial charge in [-0.25, -0.2) is 0 Å². The van der Waals surface area contributed by atoms with Crippen molar-refractivity contribution in [2.75, 3.05) is 0 Å². The van der Waals surface area contributed by atoms with Gasteiger partial charge < -0.3 is 9.47 Å². The summed E-state index contributed by atoms with van der Waals surface area (Å²) in [6.45, 7) is 13.2. The fourth-order valence-corrected chi connectivity index (χ4v) is 12.3. The van der Waals surface area contributed by atoms with Crippen LogP contribution in [0.1, 0.15) is 66.6 Å². The fourth-order valence-electron chi connectivity index (χ4n) is 12.3. The lowest BCUT2D eigenvalue weighted by atomic mass is 9.70. The molecule has 0 amide bonds. The van der Waals surface area contributed by atoms with Crippen LogP contribution in [0.25, 0.3) is 44.9 Å². The minimum absolute atomic E-state index is 0.131. The van der Waals surface area contributed by atoms with Crippen molar-refractivity contribution in [3.05, 3.63) is 239 Å². The van der Waals surface area contributed by atoms with E-state index in [2.05, 4.69) is 207 Å². The minimum Gasteiger partial charge on any atom is -0.361 e. The molecule has 0 saturated carbocycles. The third kappa shape index (κ3) is 5.06. The molecule has 1 heterocycles. The van der Waals surface area contributed by atoms with Gasteiger partial charge in [0.25, 0.3) is 0 Å². The molecule has 1 aromatic heterocycles. The molecule has 0 aliphatic heterocycles. The summed E-state index contributed by atoms with van der Waals surface area (Å²) in [5, 5.41) is 1.32. The molecular formula is C60H50N2. The van der Waals surface area contributed by atoms with Gasteiger partial charge in [-0.3, -0.25) is 0 Å². The van der Waals surface area contributed by atoms with Crippen molar-refractivity contribution in [1.29, 1.82) is 0 Å². The maximum absolute atomic E-state index is 4.24. The third-order valence-corrected chi connectivity index (χ3v) is 14.7. The predicted octanol–water partition coefficient (Wildman–Crippen LogP) is 14.0. The van der Waals surface area contributed by atoms with E-state index >= 15 is 0 Å². The standard InChI is InChI=1S/C58H48N2.C2H2/c1-5-41-45-31-29-39(33-53(45)57(3,4)49(41)6-2)59(37-19-9-7-10-20-37)40-30-32-46-48-35-54-47(36-56(48)60(55(46)34-40)38-21-11-8-12-22-38)44-25-15-18-28-52(44)58(54)50-26-16-13-23-42(50)43-24-14-17-27-51(43)58;1-2/h5-9,11-19,21-28,30-33,35-36,39-40H,1-2,10,20,29,34H2,3-4H3;1-2H. The molecule has 2 unspecified atom stereocenters. The van der Waals surface area contributed by atoms with Crippen molar-refractivity contribution in [3.8, 4) is 40.8 Å². The normalized spacial score (nSPS) is 20.1. The first-order valence-corrected chi connectivity index (χ1v) is 22.1. The van der Waals surface area contributed by atoms with Gasteiger partial charge in [0.1, 0.15) is 0 Å². The van der Waals surface area contributed by atoms with E-state index in [4.69, 9.17) is 0 Å². The molecule has 5 aromatic carbocycles. The number of hydrogen-bond acceptors (Lipinski definition) is 1. The average molecular weight is 799 g/mol. The molecule has 0 N–H and O–H groups in total. The first kappa shape index (κ1) is 37.9. The second kappa shape index (κ2) is 14.3. The van der Waals surface area contributed by atoms with Crippen molar-refractivity contribution in [1.82, 2.24) is 9.47 Å². The molecule has 6 aromatic rings. The summed E-state index contributed by atoms with van der Waals surface area (Å²) >= 11 is 0. The smallest absolute Gasteiger partial charge is 0.0725 e. The molecule has 6 aliphatic carbocycles. The summed E-state index contributed by atoms with van der Waals surface area (Å²) in [6, 6.07) is 44.0. The van der Waals surface area contributed by atoms with Gasteiger partial charge in [0.2, 0.25) is 0 Å². The fraction of sp³-hybridized carbons (Fsp3) is 0.167. The van der Waals surface area contributed by atoms with E-state index in [0.29, 0.717) is 0 Å². The Morgan fingerprint density at radius 2 is 1.39 bits per heavy atom. The number of benzene rings is 5. The lowest BCUT2D eigenvalue weighted by Crippen LogP contribution is -2.44. The van der Waals surface area contributed by atoms with Crippen LogP contribution in [0.4, 0.5) is 0 Å². The Hall–Kier alpha value is -7.08. The van der Waals surface area contributed by atoms with Gasteiger partial charge in [0.15, 0.2) is 0 Å². The molecular weight excluding hydrogens is 749 g/mol. The number of hydrogen-bond donors (Lipinski definition) is 0. The van der Waals surface area contributed by atoms with Crippen LogP contribution < -0.4 is 0 Å². The van der Waals surface area contributed by atoms with Gasteiger partial charge >= 0.3 is 0 Å². The summed E-state index contributed by atoms with van der Waals surface area (Å²) in [5.41, 5.74) is 22.2. The zero-order valence-corrected chi connectivity index (χ0v) is 35.6. The van der Waals surface area contributed by atoms with E-state index in [0.717, 1.165) is 25.7 Å². The number of allylic oxidation sites excluding steroid dienone is 10. The highest BCUT2D eigenvalue weighted by atomic mass is 15.2. The lowest BCUT2D eigenvalue weighted by Gasteiger charge is -2.43. The number of aromatic nitrogens is 1. The third-order valence-electron chi connectivity index (χ3n) is 14.7. The minimum atomic E-state index is -0.381. The lowest BCUT2D eigenvalue weighted by molar-refractivity contribution is 0.231.